The fourth-order valence-corrected chi connectivity index (χ4v) is 4.50. The zero-order valence-electron chi connectivity index (χ0n) is 17.6. The molecule has 1 heterocycles. The van der Waals surface area contributed by atoms with Crippen LogP contribution >= 0.6 is 0 Å². The Morgan fingerprint density at radius 1 is 0.469 bits per heavy atom. The normalized spacial score (nSPS) is 11.1. The van der Waals surface area contributed by atoms with E-state index in [4.69, 9.17) is 0 Å². The second kappa shape index (κ2) is 7.75. The molecule has 0 fully saturated rings. The molecule has 1 N–H and O–H groups in total. The highest BCUT2D eigenvalue weighted by Gasteiger charge is 2.15. The molecule has 0 atom stereocenters. The van der Waals surface area contributed by atoms with Gasteiger partial charge in [0.05, 0.1) is 16.7 Å². The molecule has 152 valence electrons. The van der Waals surface area contributed by atoms with Gasteiger partial charge in [0.15, 0.2) is 0 Å². The molecule has 0 bridgehead atoms. The van der Waals surface area contributed by atoms with Crippen LogP contribution in [0.5, 0.6) is 0 Å². The summed E-state index contributed by atoms with van der Waals surface area (Å²) in [5.41, 5.74) is 8.17. The van der Waals surface area contributed by atoms with Crippen LogP contribution in [0.4, 0.5) is 11.4 Å². The molecule has 0 aliphatic heterocycles. The summed E-state index contributed by atoms with van der Waals surface area (Å²) >= 11 is 0. The van der Waals surface area contributed by atoms with E-state index in [1.54, 1.807) is 0 Å². The molecule has 32 heavy (non-hydrogen) atoms. The third-order valence-corrected chi connectivity index (χ3v) is 5.98. The third-order valence-electron chi connectivity index (χ3n) is 5.98. The number of anilines is 2. The highest BCUT2D eigenvalue weighted by molar-refractivity contribution is 6.13. The van der Waals surface area contributed by atoms with Crippen LogP contribution in [0.3, 0.4) is 0 Å². The Morgan fingerprint density at radius 2 is 1.09 bits per heavy atom. The van der Waals surface area contributed by atoms with E-state index in [1.807, 2.05) is 6.07 Å². The smallest absolute Gasteiger partial charge is 0.0776 e. The van der Waals surface area contributed by atoms with Gasteiger partial charge in [-0.3, -0.25) is 0 Å². The summed E-state index contributed by atoms with van der Waals surface area (Å²) in [6.07, 6.45) is 0. The Kier molecular flexibility index (Phi) is 4.47. The summed E-state index contributed by atoms with van der Waals surface area (Å²) in [6, 6.07) is 44.8. The Morgan fingerprint density at radius 3 is 1.88 bits per heavy atom. The monoisotopic (exact) mass is 410 g/mol. The van der Waals surface area contributed by atoms with E-state index in [0.717, 1.165) is 17.1 Å². The van der Waals surface area contributed by atoms with E-state index in [0.29, 0.717) is 0 Å². The second-order valence-electron chi connectivity index (χ2n) is 7.96. The molecule has 5 aromatic carbocycles. The lowest BCUT2D eigenvalue weighted by atomic mass is 10.1. The summed E-state index contributed by atoms with van der Waals surface area (Å²) in [7, 11) is 0. The van der Waals surface area contributed by atoms with Gasteiger partial charge < -0.3 is 9.88 Å². The minimum absolute atomic E-state index is 1.08. The van der Waals surface area contributed by atoms with E-state index in [-0.39, 0.29) is 0 Å². The van der Waals surface area contributed by atoms with Crippen molar-refractivity contribution < 1.29 is 0 Å². The molecule has 0 unspecified atom stereocenters. The molecular formula is C30H22N2. The van der Waals surface area contributed by atoms with Gasteiger partial charge in [0.25, 0.3) is 0 Å². The Labute approximate surface area is 187 Å². The standard InChI is InChI=1S/C30H22N2/c1-3-10-22(11-4-1)23-18-20-25(21-19-23)32-29-17-8-7-14-26(29)27-15-9-16-28(30(27)32)31-24-12-5-2-6-13-24/h1-21,31H. The lowest BCUT2D eigenvalue weighted by molar-refractivity contribution is 1.18. The van der Waals surface area contributed by atoms with Crippen molar-refractivity contribution in [2.24, 2.45) is 0 Å². The van der Waals surface area contributed by atoms with Gasteiger partial charge in [-0.1, -0.05) is 91.0 Å². The van der Waals surface area contributed by atoms with Crippen LogP contribution in [0.25, 0.3) is 38.6 Å². The molecule has 6 rings (SSSR count). The van der Waals surface area contributed by atoms with Crippen molar-refractivity contribution in [3.63, 3.8) is 0 Å². The van der Waals surface area contributed by atoms with Gasteiger partial charge in [-0.2, -0.15) is 0 Å². The van der Waals surface area contributed by atoms with Gasteiger partial charge in [0, 0.05) is 22.1 Å². The molecular weight excluding hydrogens is 388 g/mol. The van der Waals surface area contributed by atoms with Gasteiger partial charge in [0.1, 0.15) is 0 Å². The average Bonchev–Trinajstić information content (AvgIpc) is 3.21. The molecule has 6 aromatic rings. The maximum Gasteiger partial charge on any atom is 0.0776 e. The summed E-state index contributed by atoms with van der Waals surface area (Å²) in [5.74, 6) is 0. The summed E-state index contributed by atoms with van der Waals surface area (Å²) in [6.45, 7) is 0. The predicted octanol–water partition coefficient (Wildman–Crippen LogP) is 8.19. The zero-order valence-corrected chi connectivity index (χ0v) is 17.6. The molecule has 0 aliphatic rings. The fraction of sp³-hybridized carbons (Fsp3) is 0. The topological polar surface area (TPSA) is 17.0 Å². The van der Waals surface area contributed by atoms with E-state index < -0.39 is 0 Å². The molecule has 0 spiro atoms. The molecule has 2 nitrogen and oxygen atoms in total. The number of aromatic nitrogens is 1. The average molecular weight is 411 g/mol. The molecule has 0 saturated carbocycles. The molecule has 0 radical (unpaired) electrons. The number of hydrogen-bond donors (Lipinski definition) is 1. The van der Waals surface area contributed by atoms with Crippen molar-refractivity contribution in [2.45, 2.75) is 0 Å². The first-order valence-corrected chi connectivity index (χ1v) is 10.9. The Hall–Kier alpha value is -4.30. The number of nitrogens with one attached hydrogen (secondary N) is 1. The largest absolute Gasteiger partial charge is 0.354 e. The first-order valence-electron chi connectivity index (χ1n) is 10.9. The van der Waals surface area contributed by atoms with Crippen LogP contribution in [0.1, 0.15) is 0 Å². The number of rotatable bonds is 4. The minimum Gasteiger partial charge on any atom is -0.354 e. The minimum atomic E-state index is 1.08. The fourth-order valence-electron chi connectivity index (χ4n) is 4.50. The highest BCUT2D eigenvalue weighted by Crippen LogP contribution is 2.37. The van der Waals surface area contributed by atoms with Crippen molar-refractivity contribution in [2.75, 3.05) is 5.32 Å². The van der Waals surface area contributed by atoms with E-state index in [9.17, 15) is 0 Å². The number of hydrogen-bond acceptors (Lipinski definition) is 1. The van der Waals surface area contributed by atoms with Gasteiger partial charge in [-0.05, 0) is 47.5 Å². The maximum absolute atomic E-state index is 3.63. The van der Waals surface area contributed by atoms with E-state index in [2.05, 4.69) is 131 Å². The number of para-hydroxylation sites is 3. The van der Waals surface area contributed by atoms with Gasteiger partial charge in [-0.15, -0.1) is 0 Å². The van der Waals surface area contributed by atoms with Gasteiger partial charge in [-0.25, -0.2) is 0 Å². The van der Waals surface area contributed by atoms with Crippen molar-refractivity contribution in [1.29, 1.82) is 0 Å². The summed E-state index contributed by atoms with van der Waals surface area (Å²) in [4.78, 5) is 0. The van der Waals surface area contributed by atoms with Crippen LogP contribution in [0.15, 0.2) is 127 Å². The number of benzene rings is 5. The predicted molar refractivity (Wildman–Crippen MR) is 136 cm³/mol. The lowest BCUT2D eigenvalue weighted by Gasteiger charge is -2.13. The van der Waals surface area contributed by atoms with Crippen LogP contribution in [0.2, 0.25) is 0 Å². The Bertz CT molecular complexity index is 1510. The second-order valence-corrected chi connectivity index (χ2v) is 7.96. The summed E-state index contributed by atoms with van der Waals surface area (Å²) < 4.78 is 2.37. The molecule has 0 aliphatic carbocycles. The van der Waals surface area contributed by atoms with Crippen LogP contribution in [-0.2, 0) is 0 Å². The van der Waals surface area contributed by atoms with E-state index in [1.165, 1.54) is 32.9 Å². The quantitative estimate of drug-likeness (QED) is 0.310. The number of fused-ring (bicyclic) bond motifs is 3. The third kappa shape index (κ3) is 3.14. The van der Waals surface area contributed by atoms with Gasteiger partial charge in [0.2, 0.25) is 0 Å². The SMILES string of the molecule is c1ccc(Nc2cccc3c4ccccc4n(-c4ccc(-c5ccccc5)cc4)c23)cc1. The molecule has 1 aromatic heterocycles. The first kappa shape index (κ1) is 18.5. The van der Waals surface area contributed by atoms with Crippen LogP contribution in [0, 0.1) is 0 Å². The first-order chi connectivity index (χ1) is 15.9. The van der Waals surface area contributed by atoms with Crippen molar-refractivity contribution in [3.05, 3.63) is 127 Å². The van der Waals surface area contributed by atoms with Crippen LogP contribution in [-0.4, -0.2) is 4.57 Å². The van der Waals surface area contributed by atoms with Crippen molar-refractivity contribution in [3.8, 4) is 16.8 Å². The van der Waals surface area contributed by atoms with Crippen molar-refractivity contribution in [1.82, 2.24) is 4.57 Å². The molecule has 0 saturated heterocycles. The molecule has 2 heteroatoms. The zero-order chi connectivity index (χ0) is 21.3. The van der Waals surface area contributed by atoms with Crippen molar-refractivity contribution >= 4 is 33.2 Å². The molecule has 0 amide bonds. The Balaban J connectivity index is 1.56. The lowest BCUT2D eigenvalue weighted by Crippen LogP contribution is -1.98. The number of nitrogens with zero attached hydrogens (tertiary/aromatic N) is 1. The van der Waals surface area contributed by atoms with Gasteiger partial charge >= 0.3 is 0 Å². The summed E-state index contributed by atoms with van der Waals surface area (Å²) in [5, 5.41) is 6.13. The highest BCUT2D eigenvalue weighted by atomic mass is 15.0. The van der Waals surface area contributed by atoms with Crippen LogP contribution < -0.4 is 5.32 Å². The van der Waals surface area contributed by atoms with E-state index >= 15 is 0 Å². The maximum atomic E-state index is 3.63.